The minimum absolute atomic E-state index is 0.0580. The fraction of sp³-hybridized carbons (Fsp3) is 0.471. The molecule has 0 aliphatic carbocycles. The Balaban J connectivity index is 1.30. The average Bonchev–Trinajstić information content (AvgIpc) is 3.27. The highest BCUT2D eigenvalue weighted by atomic mass is 16.3. The van der Waals surface area contributed by atoms with Gasteiger partial charge in [0.1, 0.15) is 17.4 Å². The van der Waals surface area contributed by atoms with E-state index < -0.39 is 0 Å². The number of nitrogens with one attached hydrogen (secondary N) is 1. The molecule has 0 radical (unpaired) electrons. The van der Waals surface area contributed by atoms with Gasteiger partial charge in [-0.05, 0) is 19.1 Å². The standard InChI is InChI=1S/C17H22N6O2/c1-13-11-23-12-19-15(9-16(23)20-13)21-4-6-22(7-5-21)17(24)18-10-14-3-2-8-25-14/h2-3,8-9,12-13H,4-7,10-11H2,1H3,(H,18,24). The van der Waals surface area contributed by atoms with Crippen LogP contribution >= 0.6 is 0 Å². The Kier molecular flexibility index (Phi) is 4.17. The lowest BCUT2D eigenvalue weighted by Crippen LogP contribution is -2.51. The third-order valence-electron chi connectivity index (χ3n) is 4.58. The van der Waals surface area contributed by atoms with Gasteiger partial charge in [-0.2, -0.15) is 0 Å². The summed E-state index contributed by atoms with van der Waals surface area (Å²) in [5, 5.41) is 2.89. The van der Waals surface area contributed by atoms with E-state index in [0.717, 1.165) is 37.1 Å². The largest absolute Gasteiger partial charge is 0.467 e. The first-order valence-electron chi connectivity index (χ1n) is 8.59. The molecule has 1 saturated heterocycles. The number of fused-ring (bicyclic) bond motifs is 1. The van der Waals surface area contributed by atoms with E-state index >= 15 is 0 Å². The maximum Gasteiger partial charge on any atom is 0.317 e. The minimum atomic E-state index is -0.0580. The van der Waals surface area contributed by atoms with Gasteiger partial charge in [-0.15, -0.1) is 0 Å². The van der Waals surface area contributed by atoms with Crippen LogP contribution in [0.15, 0.2) is 44.7 Å². The molecule has 1 atom stereocenters. The molecule has 8 nitrogen and oxygen atoms in total. The molecule has 0 saturated carbocycles. The van der Waals surface area contributed by atoms with Crippen molar-refractivity contribution in [2.75, 3.05) is 32.7 Å². The van der Waals surface area contributed by atoms with Gasteiger partial charge in [0.15, 0.2) is 0 Å². The van der Waals surface area contributed by atoms with E-state index in [0.29, 0.717) is 25.7 Å². The van der Waals surface area contributed by atoms with Crippen LogP contribution < -0.4 is 5.32 Å². The highest BCUT2D eigenvalue weighted by Crippen LogP contribution is 2.18. The quantitative estimate of drug-likeness (QED) is 0.892. The van der Waals surface area contributed by atoms with Crippen LogP contribution in [0.3, 0.4) is 0 Å². The van der Waals surface area contributed by atoms with Crippen molar-refractivity contribution < 1.29 is 9.21 Å². The van der Waals surface area contributed by atoms with Gasteiger partial charge in [0.05, 0.1) is 25.2 Å². The summed E-state index contributed by atoms with van der Waals surface area (Å²) >= 11 is 0. The van der Waals surface area contributed by atoms with E-state index in [1.54, 1.807) is 6.26 Å². The van der Waals surface area contributed by atoms with Crippen molar-refractivity contribution in [3.05, 3.63) is 36.1 Å². The summed E-state index contributed by atoms with van der Waals surface area (Å²) in [7, 11) is 0. The lowest BCUT2D eigenvalue weighted by Gasteiger charge is -2.36. The zero-order chi connectivity index (χ0) is 17.2. The molecule has 1 aromatic rings. The molecule has 1 fully saturated rings. The lowest BCUT2D eigenvalue weighted by atomic mass is 10.3. The lowest BCUT2D eigenvalue weighted by molar-refractivity contribution is 0.155. The number of carbonyl (C=O) groups is 1. The Bertz CT molecular complexity index is 716. The number of rotatable bonds is 3. The fourth-order valence-corrected chi connectivity index (χ4v) is 3.23. The summed E-state index contributed by atoms with van der Waals surface area (Å²) in [6.07, 6.45) is 5.51. The van der Waals surface area contributed by atoms with E-state index in [1.807, 2.05) is 29.4 Å². The Morgan fingerprint density at radius 2 is 2.20 bits per heavy atom. The molecule has 132 valence electrons. The number of carbonyl (C=O) groups excluding carboxylic acids is 1. The Morgan fingerprint density at radius 3 is 2.96 bits per heavy atom. The van der Waals surface area contributed by atoms with Crippen molar-refractivity contribution in [1.82, 2.24) is 20.0 Å². The molecule has 3 aliphatic heterocycles. The van der Waals surface area contributed by atoms with Gasteiger partial charge in [0.25, 0.3) is 0 Å². The van der Waals surface area contributed by atoms with Gasteiger partial charge in [0.2, 0.25) is 0 Å². The normalized spacial score (nSPS) is 22.6. The first-order valence-corrected chi connectivity index (χ1v) is 8.59. The van der Waals surface area contributed by atoms with E-state index in [9.17, 15) is 4.79 Å². The van der Waals surface area contributed by atoms with Crippen molar-refractivity contribution in [3.63, 3.8) is 0 Å². The van der Waals surface area contributed by atoms with Crippen molar-refractivity contribution in [2.24, 2.45) is 9.98 Å². The summed E-state index contributed by atoms with van der Waals surface area (Å²) in [5.74, 6) is 2.67. The number of amides is 2. The Morgan fingerprint density at radius 1 is 1.36 bits per heavy atom. The number of furan rings is 1. The van der Waals surface area contributed by atoms with Crippen LogP contribution in [0.25, 0.3) is 0 Å². The molecule has 3 aliphatic rings. The predicted octanol–water partition coefficient (Wildman–Crippen LogP) is 1.09. The molecule has 8 heteroatoms. The zero-order valence-electron chi connectivity index (χ0n) is 14.3. The monoisotopic (exact) mass is 342 g/mol. The zero-order valence-corrected chi connectivity index (χ0v) is 14.3. The second kappa shape index (κ2) is 6.62. The summed E-state index contributed by atoms with van der Waals surface area (Å²) in [4.78, 5) is 27.5. The average molecular weight is 342 g/mol. The molecule has 1 N–H and O–H groups in total. The molecule has 1 unspecified atom stereocenters. The molecule has 4 rings (SSSR count). The van der Waals surface area contributed by atoms with Gasteiger partial charge in [0, 0.05) is 38.8 Å². The van der Waals surface area contributed by atoms with Crippen molar-refractivity contribution >= 4 is 18.2 Å². The van der Waals surface area contributed by atoms with Crippen LogP contribution in [0.2, 0.25) is 0 Å². The van der Waals surface area contributed by atoms with E-state index in [4.69, 9.17) is 4.42 Å². The number of amidine groups is 1. The highest BCUT2D eigenvalue weighted by Gasteiger charge is 2.27. The maximum absolute atomic E-state index is 12.2. The van der Waals surface area contributed by atoms with Gasteiger partial charge < -0.3 is 24.4 Å². The number of hydrogen-bond donors (Lipinski definition) is 1. The summed E-state index contributed by atoms with van der Waals surface area (Å²) in [6, 6.07) is 3.92. The Hall–Kier alpha value is -2.77. The van der Waals surface area contributed by atoms with Crippen LogP contribution in [0.1, 0.15) is 12.7 Å². The van der Waals surface area contributed by atoms with E-state index in [2.05, 4.69) is 32.0 Å². The van der Waals surface area contributed by atoms with Gasteiger partial charge in [-0.3, -0.25) is 4.99 Å². The summed E-state index contributed by atoms with van der Waals surface area (Å²) in [6.45, 7) is 6.28. The first kappa shape index (κ1) is 15.7. The molecule has 25 heavy (non-hydrogen) atoms. The number of nitrogens with zero attached hydrogens (tertiary/aromatic N) is 5. The van der Waals surface area contributed by atoms with Crippen LogP contribution in [-0.4, -0.2) is 71.7 Å². The van der Waals surface area contributed by atoms with Crippen LogP contribution in [0.4, 0.5) is 4.79 Å². The minimum Gasteiger partial charge on any atom is -0.467 e. The predicted molar refractivity (Wildman–Crippen MR) is 94.3 cm³/mol. The number of hydrogen-bond acceptors (Lipinski definition) is 6. The number of urea groups is 1. The molecular weight excluding hydrogens is 320 g/mol. The van der Waals surface area contributed by atoms with Crippen LogP contribution in [0, 0.1) is 0 Å². The maximum atomic E-state index is 12.2. The summed E-state index contributed by atoms with van der Waals surface area (Å²) < 4.78 is 5.23. The topological polar surface area (TPSA) is 76.7 Å². The molecule has 0 spiro atoms. The molecule has 4 heterocycles. The van der Waals surface area contributed by atoms with Crippen molar-refractivity contribution in [1.29, 1.82) is 0 Å². The molecule has 0 aromatic carbocycles. The van der Waals surface area contributed by atoms with Gasteiger partial charge >= 0.3 is 6.03 Å². The van der Waals surface area contributed by atoms with Crippen LogP contribution in [0.5, 0.6) is 0 Å². The third kappa shape index (κ3) is 3.38. The molecule has 0 bridgehead atoms. The molecule has 2 amide bonds. The third-order valence-corrected chi connectivity index (χ3v) is 4.58. The second-order valence-electron chi connectivity index (χ2n) is 6.45. The van der Waals surface area contributed by atoms with Crippen molar-refractivity contribution in [2.45, 2.75) is 19.5 Å². The molecular formula is C17H22N6O2. The Labute approximate surface area is 146 Å². The smallest absolute Gasteiger partial charge is 0.317 e. The molecule has 1 aromatic heterocycles. The van der Waals surface area contributed by atoms with Gasteiger partial charge in [-0.25, -0.2) is 9.79 Å². The van der Waals surface area contributed by atoms with Gasteiger partial charge in [-0.1, -0.05) is 0 Å². The SMILES string of the molecule is CC1CN2C=NC(N3CCN(C(=O)NCc4ccco4)CC3)=CC2=N1. The fourth-order valence-electron chi connectivity index (χ4n) is 3.23. The second-order valence-corrected chi connectivity index (χ2v) is 6.45. The van der Waals surface area contributed by atoms with E-state index in [-0.39, 0.29) is 6.03 Å². The summed E-state index contributed by atoms with van der Waals surface area (Å²) in [5.41, 5.74) is 0. The number of piperazine rings is 1. The van der Waals surface area contributed by atoms with E-state index in [1.165, 1.54) is 0 Å². The van der Waals surface area contributed by atoms with Crippen molar-refractivity contribution in [3.8, 4) is 0 Å². The highest BCUT2D eigenvalue weighted by molar-refractivity contribution is 6.03. The first-order chi connectivity index (χ1) is 12.2. The number of aliphatic imine (C=N–C) groups is 2. The van der Waals surface area contributed by atoms with Crippen LogP contribution in [-0.2, 0) is 6.54 Å².